The first-order valence-electron chi connectivity index (χ1n) is 10.8. The molecule has 1 N–H and O–H groups in total. The van der Waals surface area contributed by atoms with Gasteiger partial charge in [0, 0.05) is 16.0 Å². The number of ether oxygens (including phenoxy) is 1. The molecule has 2 aliphatic rings. The third-order valence-electron chi connectivity index (χ3n) is 6.85. The lowest BCUT2D eigenvalue weighted by Gasteiger charge is -2.43. The Hall–Kier alpha value is -1.81. The molecule has 0 amide bonds. The van der Waals surface area contributed by atoms with E-state index < -0.39 is 5.72 Å². The first kappa shape index (κ1) is 22.4. The van der Waals surface area contributed by atoms with Crippen LogP contribution in [0.1, 0.15) is 50.7 Å². The van der Waals surface area contributed by atoms with Gasteiger partial charge in [0.1, 0.15) is 0 Å². The highest BCUT2D eigenvalue weighted by molar-refractivity contribution is 6.30. The molecular formula is C26H30Cl2NO2+. The maximum absolute atomic E-state index is 12.6. The minimum Gasteiger partial charge on any atom is -0.440 e. The van der Waals surface area contributed by atoms with E-state index in [1.807, 2.05) is 48.5 Å². The fourth-order valence-corrected chi connectivity index (χ4v) is 5.59. The van der Waals surface area contributed by atoms with Crippen molar-refractivity contribution in [2.24, 2.45) is 11.3 Å². The Balaban J connectivity index is 2.02. The van der Waals surface area contributed by atoms with Gasteiger partial charge < -0.3 is 9.84 Å². The summed E-state index contributed by atoms with van der Waals surface area (Å²) in [5.74, 6) is 0.924. The summed E-state index contributed by atoms with van der Waals surface area (Å²) in [5, 5.41) is 13.9. The molecule has 2 aromatic carbocycles. The molecule has 0 fully saturated rings. The predicted octanol–water partition coefficient (Wildman–Crippen LogP) is 6.37. The van der Waals surface area contributed by atoms with Gasteiger partial charge in [-0.3, -0.25) is 0 Å². The number of allylic oxidation sites excluding steroid dienone is 1. The van der Waals surface area contributed by atoms with Crippen molar-refractivity contribution in [1.82, 2.24) is 0 Å². The molecule has 0 aromatic heterocycles. The molecule has 0 saturated carbocycles. The quantitative estimate of drug-likeness (QED) is 0.416. The highest BCUT2D eigenvalue weighted by atomic mass is 35.5. The van der Waals surface area contributed by atoms with E-state index in [0.29, 0.717) is 29.0 Å². The zero-order valence-corrected chi connectivity index (χ0v) is 19.8. The molecule has 5 heteroatoms. The maximum Gasteiger partial charge on any atom is 0.346 e. The molecule has 0 spiro atoms. The molecule has 0 bridgehead atoms. The fraction of sp³-hybridized carbons (Fsp3) is 0.423. The molecule has 3 nitrogen and oxygen atoms in total. The van der Waals surface area contributed by atoms with Gasteiger partial charge >= 0.3 is 11.6 Å². The van der Waals surface area contributed by atoms with Crippen LogP contribution in [-0.2, 0) is 10.5 Å². The molecule has 0 radical (unpaired) electrons. The summed E-state index contributed by atoms with van der Waals surface area (Å²) in [6.45, 7) is 11.1. The highest BCUT2D eigenvalue weighted by Gasteiger charge is 2.65. The minimum absolute atomic E-state index is 0.0433. The Kier molecular flexibility index (Phi) is 5.97. The summed E-state index contributed by atoms with van der Waals surface area (Å²) in [6, 6.07) is 15.4. The average molecular weight is 459 g/mol. The van der Waals surface area contributed by atoms with Crippen LogP contribution in [0.4, 0.5) is 0 Å². The summed E-state index contributed by atoms with van der Waals surface area (Å²) in [4.78, 5) is 0. The lowest BCUT2D eigenvalue weighted by molar-refractivity contribution is -0.706. The maximum atomic E-state index is 12.6. The van der Waals surface area contributed by atoms with Crippen molar-refractivity contribution in [2.75, 3.05) is 6.61 Å². The molecule has 4 rings (SSSR count). The lowest BCUT2D eigenvalue weighted by atomic mass is 9.67. The van der Waals surface area contributed by atoms with Crippen molar-refractivity contribution in [3.8, 4) is 0 Å². The van der Waals surface area contributed by atoms with Crippen LogP contribution in [0.2, 0.25) is 10.0 Å². The van der Waals surface area contributed by atoms with Gasteiger partial charge in [-0.15, -0.1) is 6.58 Å². The van der Waals surface area contributed by atoms with E-state index >= 15 is 0 Å². The van der Waals surface area contributed by atoms with Crippen molar-refractivity contribution in [1.29, 1.82) is 0 Å². The number of hydrogen-bond acceptors (Lipinski definition) is 2. The fourth-order valence-electron chi connectivity index (χ4n) is 5.27. The van der Waals surface area contributed by atoms with Gasteiger partial charge in [0.25, 0.3) is 0 Å². The second-order valence-corrected chi connectivity index (χ2v) is 10.3. The van der Waals surface area contributed by atoms with Crippen molar-refractivity contribution >= 4 is 29.1 Å². The highest BCUT2D eigenvalue weighted by Crippen LogP contribution is 2.53. The third-order valence-corrected chi connectivity index (χ3v) is 7.34. The molecule has 0 unspecified atom stereocenters. The van der Waals surface area contributed by atoms with Crippen LogP contribution in [-0.4, -0.2) is 28.2 Å². The zero-order chi connectivity index (χ0) is 22.4. The van der Waals surface area contributed by atoms with Crippen molar-refractivity contribution < 1.29 is 14.4 Å². The van der Waals surface area contributed by atoms with E-state index in [0.717, 1.165) is 23.4 Å². The lowest BCUT2D eigenvalue weighted by Crippen LogP contribution is -2.57. The van der Waals surface area contributed by atoms with Gasteiger partial charge in [-0.1, -0.05) is 55.3 Å². The van der Waals surface area contributed by atoms with Crippen LogP contribution in [0.15, 0.2) is 61.2 Å². The molecule has 2 aliphatic heterocycles. The van der Waals surface area contributed by atoms with Crippen LogP contribution in [0.3, 0.4) is 0 Å². The zero-order valence-electron chi connectivity index (χ0n) is 18.3. The smallest absolute Gasteiger partial charge is 0.346 e. The van der Waals surface area contributed by atoms with E-state index in [-0.39, 0.29) is 17.4 Å². The van der Waals surface area contributed by atoms with Gasteiger partial charge in [-0.2, -0.15) is 4.58 Å². The summed E-state index contributed by atoms with van der Waals surface area (Å²) in [6.07, 6.45) is 3.41. The molecular weight excluding hydrogens is 429 g/mol. The Morgan fingerprint density at radius 2 is 1.90 bits per heavy atom. The van der Waals surface area contributed by atoms with Crippen LogP contribution in [0.25, 0.3) is 0 Å². The predicted molar refractivity (Wildman–Crippen MR) is 127 cm³/mol. The van der Waals surface area contributed by atoms with Gasteiger partial charge in [0.15, 0.2) is 12.6 Å². The molecule has 0 aliphatic carbocycles. The normalized spacial score (nSPS) is 30.3. The average Bonchev–Trinajstić information content (AvgIpc) is 3.19. The second-order valence-electron chi connectivity index (χ2n) is 9.40. The second kappa shape index (κ2) is 8.27. The molecule has 31 heavy (non-hydrogen) atoms. The monoisotopic (exact) mass is 458 g/mol. The molecule has 0 saturated heterocycles. The van der Waals surface area contributed by atoms with Gasteiger partial charge in [-0.05, 0) is 61.7 Å². The first-order chi connectivity index (χ1) is 14.7. The van der Waals surface area contributed by atoms with E-state index in [9.17, 15) is 5.11 Å². The molecule has 164 valence electrons. The number of aliphatic hydroxyl groups is 1. The van der Waals surface area contributed by atoms with Gasteiger partial charge in [0.2, 0.25) is 0 Å². The number of rotatable bonds is 5. The Labute approximate surface area is 195 Å². The number of benzene rings is 2. The van der Waals surface area contributed by atoms with E-state index in [1.165, 1.54) is 0 Å². The minimum atomic E-state index is -1.29. The van der Waals surface area contributed by atoms with Crippen LogP contribution in [0, 0.1) is 11.3 Å². The largest absolute Gasteiger partial charge is 0.440 e. The first-order valence-corrected chi connectivity index (χ1v) is 11.6. The van der Waals surface area contributed by atoms with E-state index in [2.05, 4.69) is 38.0 Å². The summed E-state index contributed by atoms with van der Waals surface area (Å²) >= 11 is 12.6. The standard InChI is InChI=1S/C26H30Cl2NO2/c1-5-13-25(4)15-22(18-7-6-8-21(28)14-18)26(30,19-9-11-20(27)12-10-19)29-23(17(2)3)16-31-24(25)29/h5-12,14,17,22-23,30H,1,13,15-16H2,2-4H3/q+1/t22-,23-,25+,26+/m1/s1. The van der Waals surface area contributed by atoms with Crippen LogP contribution < -0.4 is 0 Å². The van der Waals surface area contributed by atoms with Crippen LogP contribution in [0.5, 0.6) is 0 Å². The van der Waals surface area contributed by atoms with Crippen LogP contribution >= 0.6 is 23.2 Å². The van der Waals surface area contributed by atoms with E-state index in [1.54, 1.807) is 0 Å². The molecule has 4 atom stereocenters. The van der Waals surface area contributed by atoms with Gasteiger partial charge in [0.05, 0.1) is 16.9 Å². The third kappa shape index (κ3) is 3.71. The number of nitrogens with zero attached hydrogens (tertiary/aromatic N) is 1. The SMILES string of the molecule is C=CC[C@@]1(C)C[C@H](c2cccc(Cl)c2)[C@@](O)(c2ccc(Cl)cc2)[N+]2=C1OC[C@@H]2C(C)C. The number of hydrogen-bond donors (Lipinski definition) is 1. The molecule has 2 heterocycles. The Morgan fingerprint density at radius 1 is 1.19 bits per heavy atom. The summed E-state index contributed by atoms with van der Waals surface area (Å²) in [5.41, 5.74) is 0.234. The van der Waals surface area contributed by atoms with Crippen molar-refractivity contribution in [3.05, 3.63) is 82.4 Å². The molecule has 2 aromatic rings. The van der Waals surface area contributed by atoms with Gasteiger partial charge in [-0.25, -0.2) is 0 Å². The van der Waals surface area contributed by atoms with E-state index in [4.69, 9.17) is 27.9 Å². The number of halogens is 2. The summed E-state index contributed by atoms with van der Waals surface area (Å²) in [7, 11) is 0. The Bertz CT molecular complexity index is 1020. The van der Waals surface area contributed by atoms with Crippen molar-refractivity contribution in [3.63, 3.8) is 0 Å². The Morgan fingerprint density at radius 3 is 2.52 bits per heavy atom. The van der Waals surface area contributed by atoms with Crippen molar-refractivity contribution in [2.45, 2.75) is 51.3 Å². The summed E-state index contributed by atoms with van der Waals surface area (Å²) < 4.78 is 8.47. The topological polar surface area (TPSA) is 32.5 Å².